The third-order valence-electron chi connectivity index (χ3n) is 4.21. The number of hydrogen-bond acceptors (Lipinski definition) is 3. The Bertz CT molecular complexity index is 772. The Hall–Kier alpha value is -2.07. The van der Waals surface area contributed by atoms with Gasteiger partial charge in [0.1, 0.15) is 5.75 Å². The highest BCUT2D eigenvalue weighted by atomic mass is 35.5. The average Bonchev–Trinajstić information content (AvgIpc) is 2.66. The van der Waals surface area contributed by atoms with Crippen molar-refractivity contribution in [2.75, 3.05) is 27.3 Å². The molecule has 3 aromatic carbocycles. The van der Waals surface area contributed by atoms with Crippen LogP contribution in [0.2, 0.25) is 0 Å². The van der Waals surface area contributed by atoms with Crippen LogP contribution in [-0.2, 0) is 0 Å². The number of rotatable bonds is 6. The van der Waals surface area contributed by atoms with E-state index in [0.29, 0.717) is 12.6 Å². The average molecular weight is 388 g/mol. The Balaban J connectivity index is 0.000000855. The fraction of sp³-hybridized carbons (Fsp3) is 0.304. The van der Waals surface area contributed by atoms with E-state index in [1.165, 1.54) is 16.3 Å². The van der Waals surface area contributed by atoms with Crippen molar-refractivity contribution in [2.24, 2.45) is 0 Å². The molecule has 4 heteroatoms. The summed E-state index contributed by atoms with van der Waals surface area (Å²) in [5.41, 5.74) is 1.33. The van der Waals surface area contributed by atoms with Crippen molar-refractivity contribution >= 4 is 23.2 Å². The molecule has 0 saturated heterocycles. The Morgan fingerprint density at radius 3 is 2.15 bits per heavy atom. The van der Waals surface area contributed by atoms with E-state index in [9.17, 15) is 0 Å². The zero-order chi connectivity index (χ0) is 18.8. The molecule has 1 atom stereocenters. The predicted octanol–water partition coefficient (Wildman–Crippen LogP) is 5.33. The molecule has 1 N–H and O–H groups in total. The maximum absolute atomic E-state index is 7.57. The van der Waals surface area contributed by atoms with Crippen LogP contribution in [0.1, 0.15) is 24.9 Å². The minimum absolute atomic E-state index is 0. The Morgan fingerprint density at radius 2 is 1.48 bits per heavy atom. The number of benzene rings is 3. The van der Waals surface area contributed by atoms with Gasteiger partial charge in [-0.2, -0.15) is 0 Å². The van der Waals surface area contributed by atoms with E-state index < -0.39 is 0 Å². The van der Waals surface area contributed by atoms with Gasteiger partial charge in [0.15, 0.2) is 0 Å². The molecule has 0 bridgehead atoms. The second-order valence-electron chi connectivity index (χ2n) is 6.32. The molecule has 0 aliphatic rings. The van der Waals surface area contributed by atoms with Crippen LogP contribution in [0.25, 0.3) is 10.8 Å². The Labute approximate surface area is 169 Å². The van der Waals surface area contributed by atoms with Gasteiger partial charge < -0.3 is 14.7 Å². The highest BCUT2D eigenvalue weighted by Gasteiger charge is 2.14. The summed E-state index contributed by atoms with van der Waals surface area (Å²) in [4.78, 5) is 2.25. The zero-order valence-electron chi connectivity index (χ0n) is 16.3. The number of fused-ring (bicyclic) bond motifs is 1. The number of aliphatic hydroxyl groups is 1. The summed E-state index contributed by atoms with van der Waals surface area (Å²) in [5, 5.41) is 9.97. The quantitative estimate of drug-likeness (QED) is 0.620. The smallest absolute Gasteiger partial charge is 0.127 e. The van der Waals surface area contributed by atoms with Crippen LogP contribution in [0, 0.1) is 0 Å². The predicted molar refractivity (Wildman–Crippen MR) is 117 cm³/mol. The van der Waals surface area contributed by atoms with E-state index in [4.69, 9.17) is 9.84 Å². The fourth-order valence-corrected chi connectivity index (χ4v) is 3.00. The molecular weight excluding hydrogens is 358 g/mol. The highest BCUT2D eigenvalue weighted by Crippen LogP contribution is 2.27. The van der Waals surface area contributed by atoms with E-state index in [1.807, 2.05) is 0 Å². The molecule has 0 radical (unpaired) electrons. The van der Waals surface area contributed by atoms with Crippen LogP contribution >= 0.6 is 12.4 Å². The largest absolute Gasteiger partial charge is 0.493 e. The molecule has 0 aliphatic heterocycles. The number of aliphatic hydroxyl groups excluding tert-OH is 1. The lowest BCUT2D eigenvalue weighted by molar-refractivity contribution is 0.225. The van der Waals surface area contributed by atoms with Gasteiger partial charge in [0.2, 0.25) is 0 Å². The molecule has 0 aliphatic carbocycles. The molecule has 3 rings (SSSR count). The van der Waals surface area contributed by atoms with Crippen LogP contribution in [-0.4, -0.2) is 37.3 Å². The summed E-state index contributed by atoms with van der Waals surface area (Å²) in [6.07, 6.45) is 0.959. The van der Waals surface area contributed by atoms with Crippen molar-refractivity contribution in [3.8, 4) is 5.75 Å². The van der Waals surface area contributed by atoms with Crippen molar-refractivity contribution in [2.45, 2.75) is 19.4 Å². The van der Waals surface area contributed by atoms with Crippen LogP contribution in [0.3, 0.4) is 0 Å². The SMILES string of the molecule is CCO.CN(C)C(CCOc1cccc2ccccc12)c1ccccc1.Cl. The van der Waals surface area contributed by atoms with Crippen molar-refractivity contribution in [1.82, 2.24) is 4.90 Å². The van der Waals surface area contributed by atoms with E-state index in [-0.39, 0.29) is 19.0 Å². The summed E-state index contributed by atoms with van der Waals surface area (Å²) in [7, 11) is 4.24. The highest BCUT2D eigenvalue weighted by molar-refractivity contribution is 5.88. The van der Waals surface area contributed by atoms with Gasteiger partial charge in [-0.1, -0.05) is 66.7 Å². The van der Waals surface area contributed by atoms with E-state index in [2.05, 4.69) is 91.8 Å². The van der Waals surface area contributed by atoms with Gasteiger partial charge in [0.05, 0.1) is 6.61 Å². The van der Waals surface area contributed by atoms with Gasteiger partial charge >= 0.3 is 0 Å². The second-order valence-corrected chi connectivity index (χ2v) is 6.32. The summed E-state index contributed by atoms with van der Waals surface area (Å²) in [6, 6.07) is 25.6. The van der Waals surface area contributed by atoms with Gasteiger partial charge in [0.25, 0.3) is 0 Å². The number of hydrogen-bond donors (Lipinski definition) is 1. The third kappa shape index (κ3) is 6.87. The summed E-state index contributed by atoms with van der Waals surface area (Å²) in [5.74, 6) is 0.966. The molecule has 0 spiro atoms. The topological polar surface area (TPSA) is 32.7 Å². The molecule has 0 saturated carbocycles. The van der Waals surface area contributed by atoms with Crippen LogP contribution in [0.5, 0.6) is 5.75 Å². The van der Waals surface area contributed by atoms with E-state index in [0.717, 1.165) is 12.2 Å². The number of nitrogens with zero attached hydrogens (tertiary/aromatic N) is 1. The first-order chi connectivity index (χ1) is 12.7. The Morgan fingerprint density at radius 1 is 0.889 bits per heavy atom. The van der Waals surface area contributed by atoms with Crippen molar-refractivity contribution in [3.05, 3.63) is 78.4 Å². The molecule has 0 fully saturated rings. The molecule has 27 heavy (non-hydrogen) atoms. The lowest BCUT2D eigenvalue weighted by Gasteiger charge is -2.25. The van der Waals surface area contributed by atoms with Gasteiger partial charge in [-0.05, 0) is 38.0 Å². The maximum atomic E-state index is 7.57. The lowest BCUT2D eigenvalue weighted by Crippen LogP contribution is -2.22. The second kappa shape index (κ2) is 12.3. The van der Waals surface area contributed by atoms with E-state index in [1.54, 1.807) is 6.92 Å². The summed E-state index contributed by atoms with van der Waals surface area (Å²) < 4.78 is 6.09. The molecule has 1 unspecified atom stereocenters. The third-order valence-corrected chi connectivity index (χ3v) is 4.21. The fourth-order valence-electron chi connectivity index (χ4n) is 3.00. The maximum Gasteiger partial charge on any atom is 0.127 e. The molecule has 3 nitrogen and oxygen atoms in total. The monoisotopic (exact) mass is 387 g/mol. The molecular formula is C23H30ClNO2. The van der Waals surface area contributed by atoms with Crippen LogP contribution in [0.4, 0.5) is 0 Å². The normalized spacial score (nSPS) is 11.3. The molecule has 3 aromatic rings. The van der Waals surface area contributed by atoms with Crippen LogP contribution < -0.4 is 4.74 Å². The van der Waals surface area contributed by atoms with Gasteiger partial charge in [-0.25, -0.2) is 0 Å². The van der Waals surface area contributed by atoms with Crippen molar-refractivity contribution in [3.63, 3.8) is 0 Å². The van der Waals surface area contributed by atoms with Gasteiger partial charge in [-0.15, -0.1) is 12.4 Å². The first-order valence-electron chi connectivity index (χ1n) is 9.10. The zero-order valence-corrected chi connectivity index (χ0v) is 17.2. The summed E-state index contributed by atoms with van der Waals surface area (Å²) in [6.45, 7) is 2.63. The molecule has 0 amide bonds. The van der Waals surface area contributed by atoms with Crippen molar-refractivity contribution < 1.29 is 9.84 Å². The van der Waals surface area contributed by atoms with E-state index >= 15 is 0 Å². The molecule has 0 aromatic heterocycles. The summed E-state index contributed by atoms with van der Waals surface area (Å²) >= 11 is 0. The van der Waals surface area contributed by atoms with Gasteiger partial charge in [-0.3, -0.25) is 0 Å². The minimum Gasteiger partial charge on any atom is -0.493 e. The first kappa shape index (κ1) is 23.0. The molecule has 146 valence electrons. The number of halogens is 1. The van der Waals surface area contributed by atoms with Crippen molar-refractivity contribution in [1.29, 1.82) is 0 Å². The van der Waals surface area contributed by atoms with Gasteiger partial charge in [0, 0.05) is 24.5 Å². The molecule has 0 heterocycles. The lowest BCUT2D eigenvalue weighted by atomic mass is 10.0. The van der Waals surface area contributed by atoms with Crippen LogP contribution in [0.15, 0.2) is 72.8 Å². The first-order valence-corrected chi connectivity index (χ1v) is 9.10. The Kier molecular flexibility index (Phi) is 10.5. The minimum atomic E-state index is 0. The standard InChI is InChI=1S/C21H23NO.C2H6O.ClH/c1-22(2)20(18-10-4-3-5-11-18)15-16-23-21-14-8-12-17-9-6-7-13-19(17)21;1-2-3;/h3-14,20H,15-16H2,1-2H3;3H,2H2,1H3;1H. The number of ether oxygens (including phenoxy) is 1.